The topological polar surface area (TPSA) is 26.0 Å². The second-order valence-electron chi connectivity index (χ2n) is 13.3. The number of hydrogen-bond donors (Lipinski definition) is 1. The Bertz CT molecular complexity index is 1650. The number of aryl methyl sites for hydroxylation is 2. The first-order chi connectivity index (χ1) is 20.9. The van der Waals surface area contributed by atoms with Gasteiger partial charge in [-0.05, 0) is 126 Å². The van der Waals surface area contributed by atoms with E-state index in [1.165, 1.54) is 75.8 Å². The minimum Gasteiger partial charge on any atom is -0.330 e. The standard InChI is InChI=1S/C42H47N/c1-5-6-16-33-26-27-41(4,29-31(33)3)42(35-24-22-32(23-25-35)15-13-28-43)37-20-11-14-30(2)39(37)40-36(19-12-21-38(40)42)34-17-9-7-8-10-18-34/h9,11-12,14,17-26,31H,5-6,10,13,15-16,27-29,43H2,1-4H3. The summed E-state index contributed by atoms with van der Waals surface area (Å²) in [6.45, 7) is 10.4. The fraction of sp³-hybridized carbons (Fsp3) is 0.381. The van der Waals surface area contributed by atoms with Gasteiger partial charge in [-0.1, -0.05) is 117 Å². The summed E-state index contributed by atoms with van der Waals surface area (Å²) in [4.78, 5) is 0. The lowest BCUT2D eigenvalue weighted by Gasteiger charge is -2.52. The highest BCUT2D eigenvalue weighted by Crippen LogP contribution is 2.66. The smallest absolute Gasteiger partial charge is 0.0520 e. The molecule has 6 rings (SSSR count). The summed E-state index contributed by atoms with van der Waals surface area (Å²) in [5, 5.41) is 0. The number of fused-ring (bicyclic) bond motifs is 3. The van der Waals surface area contributed by atoms with Crippen LogP contribution in [0.15, 0.2) is 90.5 Å². The number of benzene rings is 3. The molecule has 3 aliphatic rings. The third-order valence-corrected chi connectivity index (χ3v) is 10.6. The van der Waals surface area contributed by atoms with Crippen LogP contribution < -0.4 is 5.73 Å². The van der Waals surface area contributed by atoms with Crippen molar-refractivity contribution in [3.05, 3.63) is 124 Å². The van der Waals surface area contributed by atoms with Crippen LogP contribution in [0.2, 0.25) is 0 Å². The van der Waals surface area contributed by atoms with Gasteiger partial charge in [-0.15, -0.1) is 0 Å². The van der Waals surface area contributed by atoms with E-state index in [0.717, 1.165) is 32.2 Å². The molecule has 0 amide bonds. The lowest BCUT2D eigenvalue weighted by Crippen LogP contribution is -2.47. The highest BCUT2D eigenvalue weighted by Gasteiger charge is 2.57. The summed E-state index contributed by atoms with van der Waals surface area (Å²) < 4.78 is 0. The third kappa shape index (κ3) is 4.95. The van der Waals surface area contributed by atoms with Crippen molar-refractivity contribution >= 4 is 5.57 Å². The highest BCUT2D eigenvalue weighted by molar-refractivity contribution is 5.95. The predicted molar refractivity (Wildman–Crippen MR) is 184 cm³/mol. The van der Waals surface area contributed by atoms with Crippen molar-refractivity contribution in [1.29, 1.82) is 0 Å². The minimum absolute atomic E-state index is 0.00408. The zero-order chi connectivity index (χ0) is 30.0. The molecule has 43 heavy (non-hydrogen) atoms. The number of nitrogens with two attached hydrogens (primary N) is 1. The van der Waals surface area contributed by atoms with Crippen LogP contribution >= 0.6 is 0 Å². The van der Waals surface area contributed by atoms with Crippen molar-refractivity contribution in [2.75, 3.05) is 6.54 Å². The predicted octanol–water partition coefficient (Wildman–Crippen LogP) is 10.1. The Morgan fingerprint density at radius 2 is 1.67 bits per heavy atom. The van der Waals surface area contributed by atoms with E-state index in [2.05, 4.69) is 118 Å². The Morgan fingerprint density at radius 3 is 2.42 bits per heavy atom. The molecule has 0 saturated carbocycles. The van der Waals surface area contributed by atoms with Gasteiger partial charge in [0, 0.05) is 6.42 Å². The molecule has 3 unspecified atom stereocenters. The van der Waals surface area contributed by atoms with E-state index in [-0.39, 0.29) is 10.8 Å². The zero-order valence-corrected chi connectivity index (χ0v) is 26.6. The van der Waals surface area contributed by atoms with Crippen molar-refractivity contribution in [2.24, 2.45) is 17.1 Å². The van der Waals surface area contributed by atoms with E-state index in [0.29, 0.717) is 5.92 Å². The molecule has 2 N–H and O–H groups in total. The fourth-order valence-corrected chi connectivity index (χ4v) is 8.53. The Labute approximate surface area is 260 Å². The molecule has 0 bridgehead atoms. The Kier molecular flexibility index (Phi) is 8.35. The molecule has 0 fully saturated rings. The van der Waals surface area contributed by atoms with E-state index in [1.54, 1.807) is 5.57 Å². The molecule has 220 valence electrons. The molecule has 0 heterocycles. The molecular formula is C42H47N. The molecule has 3 aromatic rings. The van der Waals surface area contributed by atoms with Crippen molar-refractivity contribution in [3.8, 4) is 23.0 Å². The molecule has 0 aromatic heterocycles. The van der Waals surface area contributed by atoms with Crippen LogP contribution in [0.3, 0.4) is 0 Å². The van der Waals surface area contributed by atoms with E-state index in [9.17, 15) is 0 Å². The van der Waals surface area contributed by atoms with Gasteiger partial charge < -0.3 is 5.73 Å². The second-order valence-corrected chi connectivity index (χ2v) is 13.3. The van der Waals surface area contributed by atoms with Crippen LogP contribution in [0.5, 0.6) is 0 Å². The molecule has 3 aromatic carbocycles. The van der Waals surface area contributed by atoms with E-state index >= 15 is 0 Å². The molecule has 1 nitrogen and oxygen atoms in total. The van der Waals surface area contributed by atoms with Gasteiger partial charge in [0.25, 0.3) is 0 Å². The quantitative estimate of drug-likeness (QED) is 0.203. The number of hydrogen-bond acceptors (Lipinski definition) is 1. The summed E-state index contributed by atoms with van der Waals surface area (Å²) in [6, 6.07) is 23.8. The maximum Gasteiger partial charge on any atom is 0.0520 e. The maximum atomic E-state index is 5.88. The summed E-state index contributed by atoms with van der Waals surface area (Å²) in [6.07, 6.45) is 18.0. The largest absolute Gasteiger partial charge is 0.330 e. The fourth-order valence-electron chi connectivity index (χ4n) is 8.53. The van der Waals surface area contributed by atoms with E-state index in [1.807, 2.05) is 6.08 Å². The first-order valence-corrected chi connectivity index (χ1v) is 16.5. The minimum atomic E-state index is -0.265. The van der Waals surface area contributed by atoms with Crippen molar-refractivity contribution in [3.63, 3.8) is 0 Å². The van der Waals surface area contributed by atoms with Crippen molar-refractivity contribution in [1.82, 2.24) is 0 Å². The molecule has 0 aliphatic heterocycles. The van der Waals surface area contributed by atoms with Gasteiger partial charge in [-0.25, -0.2) is 0 Å². The summed E-state index contributed by atoms with van der Waals surface area (Å²) in [5.41, 5.74) is 19.8. The SMILES string of the molecule is CCCCC1=CCC(C)(C2(c3ccc(CCCN)cc3)c3cccc(C)c3-c3c(C4=CCC#CC=C4)cccc32)CC1C. The monoisotopic (exact) mass is 565 g/mol. The number of rotatable bonds is 9. The number of unbranched alkanes of at least 4 members (excludes halogenated alkanes) is 1. The van der Waals surface area contributed by atoms with E-state index in [4.69, 9.17) is 5.73 Å². The molecule has 0 spiro atoms. The lowest BCUT2D eigenvalue weighted by atomic mass is 9.50. The van der Waals surface area contributed by atoms with Gasteiger partial charge in [-0.3, -0.25) is 0 Å². The average molecular weight is 566 g/mol. The van der Waals surface area contributed by atoms with Crippen LogP contribution in [0.4, 0.5) is 0 Å². The van der Waals surface area contributed by atoms with Gasteiger partial charge >= 0.3 is 0 Å². The van der Waals surface area contributed by atoms with Crippen LogP contribution in [0.1, 0.15) is 99.1 Å². The van der Waals surface area contributed by atoms with Crippen molar-refractivity contribution in [2.45, 2.75) is 84.5 Å². The Hall–Kier alpha value is -3.60. The van der Waals surface area contributed by atoms with E-state index < -0.39 is 0 Å². The maximum absolute atomic E-state index is 5.88. The summed E-state index contributed by atoms with van der Waals surface area (Å²) in [7, 11) is 0. The molecular weight excluding hydrogens is 518 g/mol. The van der Waals surface area contributed by atoms with Crippen LogP contribution in [-0.4, -0.2) is 6.54 Å². The molecule has 1 heteroatoms. The molecule has 3 aliphatic carbocycles. The molecule has 0 saturated heterocycles. The van der Waals surface area contributed by atoms with Gasteiger partial charge in [0.2, 0.25) is 0 Å². The molecule has 3 atom stereocenters. The van der Waals surface area contributed by atoms with Crippen LogP contribution in [0.25, 0.3) is 16.7 Å². The first-order valence-electron chi connectivity index (χ1n) is 16.5. The lowest BCUT2D eigenvalue weighted by molar-refractivity contribution is 0.162. The summed E-state index contributed by atoms with van der Waals surface area (Å²) >= 11 is 0. The van der Waals surface area contributed by atoms with Crippen LogP contribution in [-0.2, 0) is 11.8 Å². The Morgan fingerprint density at radius 1 is 0.907 bits per heavy atom. The zero-order valence-electron chi connectivity index (χ0n) is 26.6. The average Bonchev–Trinajstić information content (AvgIpc) is 3.12. The van der Waals surface area contributed by atoms with Crippen LogP contribution in [0, 0.1) is 30.1 Å². The number of allylic oxidation sites excluding steroid dienone is 6. The normalized spacial score (nSPS) is 23.9. The Balaban J connectivity index is 1.64. The molecule has 0 radical (unpaired) electrons. The van der Waals surface area contributed by atoms with Gasteiger partial charge in [0.15, 0.2) is 0 Å². The third-order valence-electron chi connectivity index (χ3n) is 10.6. The summed E-state index contributed by atoms with van der Waals surface area (Å²) in [5.74, 6) is 7.02. The van der Waals surface area contributed by atoms with Crippen molar-refractivity contribution < 1.29 is 0 Å². The van der Waals surface area contributed by atoms with Gasteiger partial charge in [0.05, 0.1) is 5.41 Å². The first kappa shape index (κ1) is 29.5. The second kappa shape index (κ2) is 12.2. The highest BCUT2D eigenvalue weighted by atomic mass is 14.6. The van der Waals surface area contributed by atoms with Gasteiger partial charge in [0.1, 0.15) is 0 Å². The van der Waals surface area contributed by atoms with Gasteiger partial charge in [-0.2, -0.15) is 0 Å².